The number of anilines is 1. The van der Waals surface area contributed by atoms with Crippen LogP contribution in [0.5, 0.6) is 0 Å². The second kappa shape index (κ2) is 4.67. The Morgan fingerprint density at radius 3 is 2.74 bits per heavy atom. The van der Waals surface area contributed by atoms with Crippen molar-refractivity contribution in [3.8, 4) is 10.6 Å². The van der Waals surface area contributed by atoms with E-state index in [4.69, 9.17) is 28.9 Å². The molecule has 96 valence electrons. The third-order valence-corrected chi connectivity index (χ3v) is 4.53. The first-order chi connectivity index (χ1) is 9.06. The number of benzene rings is 2. The number of rotatable bonds is 1. The van der Waals surface area contributed by atoms with Crippen LogP contribution in [0, 0.1) is 6.92 Å². The van der Waals surface area contributed by atoms with Crippen molar-refractivity contribution in [3.05, 3.63) is 45.9 Å². The zero-order chi connectivity index (χ0) is 13.6. The zero-order valence-electron chi connectivity index (χ0n) is 10.1. The number of nitrogen functional groups attached to an aromatic ring is 1. The monoisotopic (exact) mass is 308 g/mol. The fourth-order valence-corrected chi connectivity index (χ4v) is 3.53. The van der Waals surface area contributed by atoms with Gasteiger partial charge in [0.05, 0.1) is 20.9 Å². The highest BCUT2D eigenvalue weighted by Crippen LogP contribution is 2.38. The minimum absolute atomic E-state index is 0.457. The van der Waals surface area contributed by atoms with Gasteiger partial charge in [-0.3, -0.25) is 0 Å². The summed E-state index contributed by atoms with van der Waals surface area (Å²) in [5.74, 6) is 0. The van der Waals surface area contributed by atoms with Gasteiger partial charge in [0.1, 0.15) is 5.01 Å². The molecule has 2 N–H and O–H groups in total. The smallest absolute Gasteiger partial charge is 0.126 e. The van der Waals surface area contributed by atoms with E-state index in [1.54, 1.807) is 23.5 Å². The molecule has 0 fully saturated rings. The predicted octanol–water partition coefficient (Wildman–Crippen LogP) is 5.16. The fraction of sp³-hybridized carbons (Fsp3) is 0.0714. The van der Waals surface area contributed by atoms with E-state index in [1.165, 1.54) is 0 Å². The van der Waals surface area contributed by atoms with E-state index in [0.717, 1.165) is 26.4 Å². The van der Waals surface area contributed by atoms with Crippen LogP contribution < -0.4 is 5.73 Å². The number of nitrogens with two attached hydrogens (primary N) is 1. The Morgan fingerprint density at radius 2 is 2.00 bits per heavy atom. The van der Waals surface area contributed by atoms with Crippen molar-refractivity contribution in [2.75, 3.05) is 5.73 Å². The van der Waals surface area contributed by atoms with E-state index in [-0.39, 0.29) is 0 Å². The van der Waals surface area contributed by atoms with Crippen LogP contribution in [-0.4, -0.2) is 4.98 Å². The highest BCUT2D eigenvalue weighted by atomic mass is 35.5. The van der Waals surface area contributed by atoms with E-state index in [9.17, 15) is 0 Å². The van der Waals surface area contributed by atoms with E-state index in [2.05, 4.69) is 4.98 Å². The molecule has 0 spiro atoms. The van der Waals surface area contributed by atoms with Gasteiger partial charge in [0.2, 0.25) is 0 Å². The molecule has 0 aliphatic heterocycles. The van der Waals surface area contributed by atoms with E-state index in [1.807, 2.05) is 25.1 Å². The number of hydrogen-bond acceptors (Lipinski definition) is 3. The number of halogens is 2. The van der Waals surface area contributed by atoms with Gasteiger partial charge >= 0.3 is 0 Å². The van der Waals surface area contributed by atoms with E-state index < -0.39 is 0 Å². The molecule has 1 aromatic heterocycles. The molecule has 5 heteroatoms. The Hall–Kier alpha value is -1.29. The molecular formula is C14H10Cl2N2S. The molecule has 1 heterocycles. The normalized spacial score (nSPS) is 11.1. The van der Waals surface area contributed by atoms with Crippen molar-refractivity contribution in [2.24, 2.45) is 0 Å². The largest absolute Gasteiger partial charge is 0.397 e. The van der Waals surface area contributed by atoms with Crippen molar-refractivity contribution in [3.63, 3.8) is 0 Å². The van der Waals surface area contributed by atoms with Gasteiger partial charge in [0.25, 0.3) is 0 Å². The van der Waals surface area contributed by atoms with Gasteiger partial charge in [-0.05, 0) is 30.7 Å². The van der Waals surface area contributed by atoms with Crippen LogP contribution in [0.25, 0.3) is 20.8 Å². The highest BCUT2D eigenvalue weighted by Gasteiger charge is 2.13. The molecule has 0 atom stereocenters. The number of hydrogen-bond donors (Lipinski definition) is 1. The Morgan fingerprint density at radius 1 is 1.21 bits per heavy atom. The first-order valence-electron chi connectivity index (χ1n) is 5.67. The second-order valence-corrected chi connectivity index (χ2v) is 6.16. The summed E-state index contributed by atoms with van der Waals surface area (Å²) in [7, 11) is 0. The van der Waals surface area contributed by atoms with Crippen molar-refractivity contribution in [2.45, 2.75) is 6.92 Å². The fourth-order valence-electron chi connectivity index (χ4n) is 1.96. The molecule has 3 aromatic rings. The van der Waals surface area contributed by atoms with Crippen molar-refractivity contribution in [1.29, 1.82) is 0 Å². The summed E-state index contributed by atoms with van der Waals surface area (Å²) >= 11 is 13.7. The van der Waals surface area contributed by atoms with Crippen LogP contribution in [0.4, 0.5) is 5.69 Å². The number of thiazole rings is 1. The molecular weight excluding hydrogens is 299 g/mol. The van der Waals surface area contributed by atoms with Gasteiger partial charge in [-0.15, -0.1) is 11.3 Å². The summed E-state index contributed by atoms with van der Waals surface area (Å²) in [5.41, 5.74) is 9.47. The van der Waals surface area contributed by atoms with Gasteiger partial charge in [-0.1, -0.05) is 35.3 Å². The molecule has 2 nitrogen and oxygen atoms in total. The predicted molar refractivity (Wildman–Crippen MR) is 84.2 cm³/mol. The minimum Gasteiger partial charge on any atom is -0.397 e. The molecule has 0 amide bonds. The maximum absolute atomic E-state index is 6.07. The number of aryl methyl sites for hydroxylation is 1. The first-order valence-corrected chi connectivity index (χ1v) is 7.24. The average molecular weight is 309 g/mol. The van der Waals surface area contributed by atoms with Gasteiger partial charge in [0.15, 0.2) is 0 Å². The molecule has 19 heavy (non-hydrogen) atoms. The lowest BCUT2D eigenvalue weighted by Crippen LogP contribution is -1.91. The highest BCUT2D eigenvalue weighted by molar-refractivity contribution is 7.21. The second-order valence-electron chi connectivity index (χ2n) is 4.29. The van der Waals surface area contributed by atoms with Crippen molar-refractivity contribution in [1.82, 2.24) is 4.98 Å². The minimum atomic E-state index is 0.457. The van der Waals surface area contributed by atoms with Crippen LogP contribution in [0.2, 0.25) is 10.0 Å². The SMILES string of the molecule is Cc1cccc2sc(-c3cc(Cl)cc(Cl)c3N)nc12. The summed E-state index contributed by atoms with van der Waals surface area (Å²) in [6, 6.07) is 9.55. The Balaban J connectivity index is 2.28. The zero-order valence-corrected chi connectivity index (χ0v) is 12.4. The van der Waals surface area contributed by atoms with Crippen LogP contribution in [-0.2, 0) is 0 Å². The van der Waals surface area contributed by atoms with Crippen molar-refractivity contribution >= 4 is 50.4 Å². The number of nitrogens with zero attached hydrogens (tertiary/aromatic N) is 1. The van der Waals surface area contributed by atoms with Gasteiger partial charge < -0.3 is 5.73 Å². The van der Waals surface area contributed by atoms with E-state index >= 15 is 0 Å². The van der Waals surface area contributed by atoms with Gasteiger partial charge in [-0.25, -0.2) is 4.98 Å². The summed E-state index contributed by atoms with van der Waals surface area (Å²) in [5, 5.41) is 1.86. The number of aromatic nitrogens is 1. The number of fused-ring (bicyclic) bond motifs is 1. The topological polar surface area (TPSA) is 38.9 Å². The first kappa shape index (κ1) is 12.7. The maximum Gasteiger partial charge on any atom is 0.126 e. The van der Waals surface area contributed by atoms with Crippen molar-refractivity contribution < 1.29 is 0 Å². The van der Waals surface area contributed by atoms with E-state index in [0.29, 0.717) is 15.7 Å². The quantitative estimate of drug-likeness (QED) is 0.630. The summed E-state index contributed by atoms with van der Waals surface area (Å²) in [6.45, 7) is 2.04. The summed E-state index contributed by atoms with van der Waals surface area (Å²) in [4.78, 5) is 4.65. The molecule has 0 aliphatic carbocycles. The van der Waals surface area contributed by atoms with Crippen LogP contribution in [0.3, 0.4) is 0 Å². The third kappa shape index (κ3) is 2.18. The lowest BCUT2D eigenvalue weighted by atomic mass is 10.2. The van der Waals surface area contributed by atoms with Gasteiger partial charge in [-0.2, -0.15) is 0 Å². The molecule has 0 saturated carbocycles. The maximum atomic E-state index is 6.07. The third-order valence-electron chi connectivity index (χ3n) is 2.95. The molecule has 0 bridgehead atoms. The molecule has 0 aliphatic rings. The summed E-state index contributed by atoms with van der Waals surface area (Å²) in [6.07, 6.45) is 0. The van der Waals surface area contributed by atoms with Gasteiger partial charge in [0, 0.05) is 10.6 Å². The van der Waals surface area contributed by atoms with Crippen LogP contribution >= 0.6 is 34.5 Å². The molecule has 0 saturated heterocycles. The lowest BCUT2D eigenvalue weighted by Gasteiger charge is -2.05. The number of para-hydroxylation sites is 1. The Labute approximate surface area is 124 Å². The lowest BCUT2D eigenvalue weighted by molar-refractivity contribution is 1.42. The molecule has 2 aromatic carbocycles. The molecule has 0 radical (unpaired) electrons. The molecule has 3 rings (SSSR count). The molecule has 0 unspecified atom stereocenters. The Kier molecular flexibility index (Phi) is 3.13. The van der Waals surface area contributed by atoms with Crippen LogP contribution in [0.1, 0.15) is 5.56 Å². The standard InChI is InChI=1S/C14H10Cl2N2S/c1-7-3-2-4-11-13(7)18-14(19-11)9-5-8(15)6-10(16)12(9)17/h2-6H,17H2,1H3. The Bertz CT molecular complexity index is 780. The average Bonchev–Trinajstić information content (AvgIpc) is 2.79. The summed E-state index contributed by atoms with van der Waals surface area (Å²) < 4.78 is 1.13. The van der Waals surface area contributed by atoms with Crippen LogP contribution in [0.15, 0.2) is 30.3 Å².